The second kappa shape index (κ2) is 4.27. The number of hydrogen-bond donors (Lipinski definition) is 2. The molecule has 0 bridgehead atoms. The topological polar surface area (TPSA) is 78.9 Å². The Hall–Kier alpha value is -1.65. The van der Waals surface area contributed by atoms with E-state index in [2.05, 4.69) is 15.2 Å². The molecule has 1 heterocycles. The van der Waals surface area contributed by atoms with Gasteiger partial charge in [0.2, 0.25) is 0 Å². The van der Waals surface area contributed by atoms with Crippen LogP contribution >= 0.6 is 0 Å². The Balaban J connectivity index is 0.00000121. The average Bonchev–Trinajstić information content (AvgIpc) is 2.31. The lowest BCUT2D eigenvalue weighted by Crippen LogP contribution is -1.86. The van der Waals surface area contributed by atoms with Crippen LogP contribution in [0.3, 0.4) is 0 Å². The highest BCUT2D eigenvalue weighted by Gasteiger charge is 1.93. The van der Waals surface area contributed by atoms with Crippen LogP contribution in [0.25, 0.3) is 6.08 Å². The molecule has 0 saturated heterocycles. The summed E-state index contributed by atoms with van der Waals surface area (Å²) in [5, 5.41) is 14.5. The van der Waals surface area contributed by atoms with Gasteiger partial charge in [0, 0.05) is 6.08 Å². The number of carboxylic acids is 1. The summed E-state index contributed by atoms with van der Waals surface area (Å²) in [5.41, 5.74) is 0. The minimum atomic E-state index is -1.01. The average molecular weight is 169 g/mol. The molecular weight excluding hydrogens is 158 g/mol. The van der Waals surface area contributed by atoms with E-state index in [9.17, 15) is 4.79 Å². The van der Waals surface area contributed by atoms with Crippen molar-refractivity contribution in [3.8, 4) is 0 Å². The second-order valence-electron chi connectivity index (χ2n) is 1.95. The highest BCUT2D eigenvalue weighted by molar-refractivity contribution is 5.84. The predicted molar refractivity (Wildman–Crippen MR) is 44.5 cm³/mol. The number of rotatable bonds is 2. The van der Waals surface area contributed by atoms with Crippen LogP contribution in [0, 0.1) is 6.92 Å². The van der Waals surface area contributed by atoms with Gasteiger partial charge < -0.3 is 5.11 Å². The third-order valence-corrected chi connectivity index (χ3v) is 0.989. The zero-order valence-electron chi connectivity index (χ0n) is 5.90. The lowest BCUT2D eigenvalue weighted by molar-refractivity contribution is -0.131. The van der Waals surface area contributed by atoms with Crippen molar-refractivity contribution in [2.24, 2.45) is 0 Å². The molecule has 0 atom stereocenters. The highest BCUT2D eigenvalue weighted by Crippen LogP contribution is 1.92. The van der Waals surface area contributed by atoms with Crippen molar-refractivity contribution in [3.05, 3.63) is 17.7 Å². The van der Waals surface area contributed by atoms with Crippen molar-refractivity contribution < 1.29 is 9.90 Å². The molecule has 0 unspecified atom stereocenters. The van der Waals surface area contributed by atoms with Crippen molar-refractivity contribution in [1.29, 1.82) is 0 Å². The molecule has 0 fully saturated rings. The molecule has 12 heavy (non-hydrogen) atoms. The van der Waals surface area contributed by atoms with E-state index < -0.39 is 5.97 Å². The second-order valence-corrected chi connectivity index (χ2v) is 1.95. The van der Waals surface area contributed by atoms with Crippen LogP contribution in [0.1, 0.15) is 19.1 Å². The van der Waals surface area contributed by atoms with Crippen molar-refractivity contribution >= 4 is 12.0 Å². The largest absolute Gasteiger partial charge is 0.478 e. The summed E-state index contributed by atoms with van der Waals surface area (Å²) in [7, 11) is 0. The zero-order valence-corrected chi connectivity index (χ0v) is 5.90. The van der Waals surface area contributed by atoms with E-state index in [0.29, 0.717) is 11.6 Å². The van der Waals surface area contributed by atoms with Gasteiger partial charge in [-0.05, 0) is 13.0 Å². The Morgan fingerprint density at radius 2 is 2.33 bits per heavy atom. The van der Waals surface area contributed by atoms with Gasteiger partial charge in [-0.25, -0.2) is 9.78 Å². The van der Waals surface area contributed by atoms with Gasteiger partial charge in [0.05, 0.1) is 0 Å². The number of carbonyl (C=O) groups is 1. The zero-order chi connectivity index (χ0) is 8.27. The molecular formula is C7H11N3O2. The van der Waals surface area contributed by atoms with Gasteiger partial charge in [0.15, 0.2) is 5.82 Å². The van der Waals surface area contributed by atoms with Crippen LogP contribution in [0.2, 0.25) is 0 Å². The van der Waals surface area contributed by atoms with Crippen LogP contribution in [0.15, 0.2) is 6.08 Å². The molecule has 0 saturated carbocycles. The summed E-state index contributed by atoms with van der Waals surface area (Å²) in [6.07, 6.45) is 2.31. The number of aromatic nitrogens is 3. The van der Waals surface area contributed by atoms with Gasteiger partial charge in [-0.2, -0.15) is 5.10 Å². The summed E-state index contributed by atoms with van der Waals surface area (Å²) in [5.74, 6) is 0.0346. The predicted octanol–water partition coefficient (Wildman–Crippen LogP) is 0.847. The Labute approximate surface area is 70.1 Å². The van der Waals surface area contributed by atoms with Gasteiger partial charge in [0.25, 0.3) is 0 Å². The molecule has 0 aromatic carbocycles. The van der Waals surface area contributed by atoms with E-state index in [0.717, 1.165) is 6.08 Å². The molecule has 0 amide bonds. The number of aliphatic carboxylic acids is 1. The fourth-order valence-corrected chi connectivity index (χ4v) is 0.580. The monoisotopic (exact) mass is 169 g/mol. The Morgan fingerprint density at radius 1 is 1.67 bits per heavy atom. The molecule has 5 heteroatoms. The Morgan fingerprint density at radius 3 is 2.75 bits per heavy atom. The molecule has 0 aliphatic carbocycles. The smallest absolute Gasteiger partial charge is 0.328 e. The third-order valence-electron chi connectivity index (χ3n) is 0.989. The number of nitrogens with zero attached hydrogens (tertiary/aromatic N) is 2. The lowest BCUT2D eigenvalue weighted by Gasteiger charge is -1.77. The first-order valence-corrected chi connectivity index (χ1v) is 2.98. The lowest BCUT2D eigenvalue weighted by atomic mass is 10.5. The van der Waals surface area contributed by atoms with E-state index >= 15 is 0 Å². The molecule has 66 valence electrons. The molecule has 0 aliphatic heterocycles. The summed E-state index contributed by atoms with van der Waals surface area (Å²) in [6, 6.07) is 0. The van der Waals surface area contributed by atoms with Gasteiger partial charge in [-0.1, -0.05) is 7.43 Å². The van der Waals surface area contributed by atoms with E-state index in [1.54, 1.807) is 6.92 Å². The Bertz CT molecular complexity index is 291. The van der Waals surface area contributed by atoms with Crippen LogP contribution < -0.4 is 0 Å². The van der Waals surface area contributed by atoms with Gasteiger partial charge in [-0.3, -0.25) is 5.10 Å². The molecule has 0 aliphatic rings. The maximum atomic E-state index is 10.0. The SMILES string of the molecule is C.Cc1nc(/C=C/C(=O)O)n[nH]1. The summed E-state index contributed by atoms with van der Waals surface area (Å²) < 4.78 is 0. The van der Waals surface area contributed by atoms with E-state index in [1.807, 2.05) is 0 Å². The molecule has 0 spiro atoms. The number of aromatic amines is 1. The van der Waals surface area contributed by atoms with Crippen LogP contribution in [0.4, 0.5) is 0 Å². The van der Waals surface area contributed by atoms with Gasteiger partial charge in [-0.15, -0.1) is 0 Å². The molecule has 1 aromatic heterocycles. The quantitative estimate of drug-likeness (QED) is 0.643. The van der Waals surface area contributed by atoms with Crippen molar-refractivity contribution in [2.75, 3.05) is 0 Å². The summed E-state index contributed by atoms with van der Waals surface area (Å²) in [6.45, 7) is 1.74. The van der Waals surface area contributed by atoms with E-state index in [1.165, 1.54) is 6.08 Å². The standard InChI is InChI=1S/C6H7N3O2.CH4/c1-4-7-5(9-8-4)2-3-6(10)11;/h2-3H,1H3,(H,10,11)(H,7,8,9);1H4/b3-2+;. The fourth-order valence-electron chi connectivity index (χ4n) is 0.580. The minimum absolute atomic E-state index is 0. The molecule has 1 aromatic rings. The maximum Gasteiger partial charge on any atom is 0.328 e. The third kappa shape index (κ3) is 2.96. The number of aryl methyl sites for hydroxylation is 1. The molecule has 2 N–H and O–H groups in total. The fraction of sp³-hybridized carbons (Fsp3) is 0.286. The number of H-pyrrole nitrogens is 1. The first kappa shape index (κ1) is 10.3. The van der Waals surface area contributed by atoms with Crippen molar-refractivity contribution in [3.63, 3.8) is 0 Å². The van der Waals surface area contributed by atoms with E-state index in [-0.39, 0.29) is 7.43 Å². The first-order valence-electron chi connectivity index (χ1n) is 2.98. The minimum Gasteiger partial charge on any atom is -0.478 e. The first-order chi connectivity index (χ1) is 5.18. The van der Waals surface area contributed by atoms with Crippen LogP contribution in [0.5, 0.6) is 0 Å². The van der Waals surface area contributed by atoms with Crippen LogP contribution in [-0.2, 0) is 4.79 Å². The Kier molecular flexibility index (Phi) is 3.69. The highest BCUT2D eigenvalue weighted by atomic mass is 16.4. The number of carboxylic acid groups (broad SMARTS) is 1. The molecule has 5 nitrogen and oxygen atoms in total. The summed E-state index contributed by atoms with van der Waals surface area (Å²) in [4.78, 5) is 13.9. The number of hydrogen-bond acceptors (Lipinski definition) is 3. The summed E-state index contributed by atoms with van der Waals surface area (Å²) >= 11 is 0. The normalized spacial score (nSPS) is 9.75. The van der Waals surface area contributed by atoms with Crippen molar-refractivity contribution in [2.45, 2.75) is 14.4 Å². The van der Waals surface area contributed by atoms with Crippen LogP contribution in [-0.4, -0.2) is 26.3 Å². The van der Waals surface area contributed by atoms with E-state index in [4.69, 9.17) is 5.11 Å². The van der Waals surface area contributed by atoms with Crippen molar-refractivity contribution in [1.82, 2.24) is 15.2 Å². The number of nitrogens with one attached hydrogen (secondary N) is 1. The molecule has 1 rings (SSSR count). The van der Waals surface area contributed by atoms with Gasteiger partial charge in [0.1, 0.15) is 5.82 Å². The molecule has 0 radical (unpaired) electrons. The maximum absolute atomic E-state index is 10.0. The van der Waals surface area contributed by atoms with Gasteiger partial charge >= 0.3 is 5.97 Å².